The van der Waals surface area contributed by atoms with E-state index in [0.717, 1.165) is 8.95 Å². The van der Waals surface area contributed by atoms with Crippen molar-refractivity contribution in [2.45, 2.75) is 13.8 Å². The van der Waals surface area contributed by atoms with E-state index in [-0.39, 0.29) is 0 Å². The van der Waals surface area contributed by atoms with Crippen molar-refractivity contribution in [1.82, 2.24) is 0 Å². The van der Waals surface area contributed by atoms with Crippen LogP contribution in [0.25, 0.3) is 76.5 Å². The normalized spacial score (nSPS) is 11.6. The summed E-state index contributed by atoms with van der Waals surface area (Å²) in [6, 6.07) is 49.3. The number of hydrogen-bond acceptors (Lipinski definition) is 0. The zero-order chi connectivity index (χ0) is 29.9. The second kappa shape index (κ2) is 10.7. The molecule has 0 aliphatic rings. The lowest BCUT2D eigenvalue weighted by atomic mass is 9.82. The Morgan fingerprint density at radius 2 is 0.841 bits per heavy atom. The summed E-state index contributed by atoms with van der Waals surface area (Å²) in [5.74, 6) is 0. The molecule has 0 heterocycles. The number of rotatable bonds is 3. The van der Waals surface area contributed by atoms with Gasteiger partial charge >= 0.3 is 0 Å². The highest BCUT2D eigenvalue weighted by molar-refractivity contribution is 9.10. The molecular formula is C42H28Br2. The summed E-state index contributed by atoms with van der Waals surface area (Å²) in [6.07, 6.45) is 0. The van der Waals surface area contributed by atoms with E-state index in [1.807, 2.05) is 0 Å². The van der Waals surface area contributed by atoms with Gasteiger partial charge in [-0.1, -0.05) is 152 Å². The quantitative estimate of drug-likeness (QED) is 0.128. The summed E-state index contributed by atoms with van der Waals surface area (Å²) in [4.78, 5) is 0. The third kappa shape index (κ3) is 4.56. The van der Waals surface area contributed by atoms with E-state index in [1.165, 1.54) is 87.6 Å². The lowest BCUT2D eigenvalue weighted by molar-refractivity contribution is 1.38. The van der Waals surface area contributed by atoms with Gasteiger partial charge in [-0.2, -0.15) is 0 Å². The maximum atomic E-state index is 3.80. The molecule has 0 bridgehead atoms. The van der Waals surface area contributed by atoms with Gasteiger partial charge < -0.3 is 0 Å². The fraction of sp³-hybridized carbons (Fsp3) is 0.0476. The highest BCUT2D eigenvalue weighted by Crippen LogP contribution is 2.49. The smallest absolute Gasteiger partial charge is 0.0181 e. The minimum Gasteiger partial charge on any atom is -0.0622 e. The molecule has 0 aliphatic carbocycles. The topological polar surface area (TPSA) is 0 Å². The molecule has 8 aromatic rings. The number of halogens is 2. The van der Waals surface area contributed by atoms with Crippen LogP contribution in [0.15, 0.2) is 142 Å². The molecule has 0 unspecified atom stereocenters. The van der Waals surface area contributed by atoms with Gasteiger partial charge in [-0.25, -0.2) is 0 Å². The van der Waals surface area contributed by atoms with E-state index in [2.05, 4.69) is 179 Å². The second-order valence-corrected chi connectivity index (χ2v) is 13.6. The van der Waals surface area contributed by atoms with Crippen LogP contribution in [0.5, 0.6) is 0 Å². The maximum absolute atomic E-state index is 3.80. The predicted molar refractivity (Wildman–Crippen MR) is 198 cm³/mol. The molecule has 0 nitrogen and oxygen atoms in total. The van der Waals surface area contributed by atoms with Crippen LogP contribution in [-0.2, 0) is 0 Å². The first-order valence-electron chi connectivity index (χ1n) is 14.9. The molecule has 0 amide bonds. The molecular weight excluding hydrogens is 664 g/mol. The molecule has 0 saturated carbocycles. The van der Waals surface area contributed by atoms with E-state index < -0.39 is 0 Å². The molecule has 8 rings (SSSR count). The van der Waals surface area contributed by atoms with Gasteiger partial charge in [-0.15, -0.1) is 0 Å². The van der Waals surface area contributed by atoms with E-state index in [9.17, 15) is 0 Å². The number of fused-ring (bicyclic) bond motifs is 6. The highest BCUT2D eigenvalue weighted by Gasteiger charge is 2.21. The van der Waals surface area contributed by atoms with E-state index in [4.69, 9.17) is 0 Å². The van der Waals surface area contributed by atoms with Crippen LogP contribution < -0.4 is 0 Å². The maximum Gasteiger partial charge on any atom is 0.0181 e. The van der Waals surface area contributed by atoms with Crippen molar-refractivity contribution in [3.05, 3.63) is 154 Å². The Morgan fingerprint density at radius 3 is 1.39 bits per heavy atom. The van der Waals surface area contributed by atoms with Crippen LogP contribution in [0.1, 0.15) is 11.1 Å². The molecule has 0 radical (unpaired) electrons. The molecule has 0 fully saturated rings. The summed E-state index contributed by atoms with van der Waals surface area (Å²) in [5.41, 5.74) is 10.0. The van der Waals surface area contributed by atoms with Crippen LogP contribution >= 0.6 is 31.9 Å². The average Bonchev–Trinajstić information content (AvgIpc) is 3.03. The third-order valence-electron chi connectivity index (χ3n) is 8.80. The van der Waals surface area contributed by atoms with Crippen molar-refractivity contribution in [3.8, 4) is 33.4 Å². The fourth-order valence-electron chi connectivity index (χ4n) is 6.98. The number of benzene rings is 8. The van der Waals surface area contributed by atoms with E-state index in [0.29, 0.717) is 0 Å². The van der Waals surface area contributed by atoms with Gasteiger partial charge in [-0.05, 0) is 115 Å². The summed E-state index contributed by atoms with van der Waals surface area (Å²) >= 11 is 7.60. The van der Waals surface area contributed by atoms with Gasteiger partial charge in [0.05, 0.1) is 0 Å². The Morgan fingerprint density at radius 1 is 0.364 bits per heavy atom. The SMILES string of the molecule is Cc1cc(C)cc(-c2ccc(-c3c4c(ccc5ccc(Br)cc54)c(-c4ccccc4)c4ccc5ccc(Br)cc5c34)cc2)c1. The molecule has 2 heteroatoms. The largest absolute Gasteiger partial charge is 0.0622 e. The summed E-state index contributed by atoms with van der Waals surface area (Å²) in [5, 5.41) is 10.0. The lowest BCUT2D eigenvalue weighted by Crippen LogP contribution is -1.93. The molecule has 0 saturated heterocycles. The van der Waals surface area contributed by atoms with Gasteiger partial charge in [-0.3, -0.25) is 0 Å². The predicted octanol–water partition coefficient (Wildman–Crippen LogP) is 13.4. The molecule has 210 valence electrons. The van der Waals surface area contributed by atoms with Crippen LogP contribution in [0.3, 0.4) is 0 Å². The molecule has 0 N–H and O–H groups in total. The molecule has 0 atom stereocenters. The first-order chi connectivity index (χ1) is 21.4. The van der Waals surface area contributed by atoms with Gasteiger partial charge in [0.1, 0.15) is 0 Å². The second-order valence-electron chi connectivity index (χ2n) is 11.8. The number of aryl methyl sites for hydroxylation is 2. The van der Waals surface area contributed by atoms with E-state index >= 15 is 0 Å². The highest BCUT2D eigenvalue weighted by atomic mass is 79.9. The Balaban J connectivity index is 1.57. The first kappa shape index (κ1) is 27.3. The van der Waals surface area contributed by atoms with Crippen molar-refractivity contribution in [2.24, 2.45) is 0 Å². The summed E-state index contributed by atoms with van der Waals surface area (Å²) < 4.78 is 2.16. The minimum atomic E-state index is 1.08. The van der Waals surface area contributed by atoms with Gasteiger partial charge in [0, 0.05) is 8.95 Å². The summed E-state index contributed by atoms with van der Waals surface area (Å²) in [6.45, 7) is 4.34. The molecule has 44 heavy (non-hydrogen) atoms. The van der Waals surface area contributed by atoms with Crippen LogP contribution in [0, 0.1) is 13.8 Å². The Kier molecular flexibility index (Phi) is 6.66. The van der Waals surface area contributed by atoms with Crippen molar-refractivity contribution < 1.29 is 0 Å². The van der Waals surface area contributed by atoms with Crippen LogP contribution in [0.2, 0.25) is 0 Å². The Bertz CT molecular complexity index is 2280. The molecule has 0 aromatic heterocycles. The summed E-state index contributed by atoms with van der Waals surface area (Å²) in [7, 11) is 0. The number of hydrogen-bond donors (Lipinski definition) is 0. The lowest BCUT2D eigenvalue weighted by Gasteiger charge is -2.21. The van der Waals surface area contributed by atoms with Crippen molar-refractivity contribution in [1.29, 1.82) is 0 Å². The molecule has 0 aliphatic heterocycles. The fourth-order valence-corrected chi connectivity index (χ4v) is 7.71. The van der Waals surface area contributed by atoms with Crippen LogP contribution in [-0.4, -0.2) is 0 Å². The van der Waals surface area contributed by atoms with Crippen molar-refractivity contribution in [2.75, 3.05) is 0 Å². The van der Waals surface area contributed by atoms with Gasteiger partial charge in [0.15, 0.2) is 0 Å². The Labute approximate surface area is 274 Å². The van der Waals surface area contributed by atoms with E-state index in [1.54, 1.807) is 0 Å². The standard InChI is InChI=1S/C42H28Br2/c1-25-20-26(2)22-32(21-25)27-8-10-31(11-9-27)40-41-35(18-14-28-12-16-33(43)23-37(28)41)39(30-6-4-3-5-7-30)36-19-15-29-13-17-34(44)24-38(29)42(36)40/h3-24H,1-2H3. The minimum absolute atomic E-state index is 1.08. The molecule has 8 aromatic carbocycles. The molecule has 0 spiro atoms. The Hall–Kier alpha value is -4.24. The van der Waals surface area contributed by atoms with Crippen molar-refractivity contribution >= 4 is 74.9 Å². The zero-order valence-electron chi connectivity index (χ0n) is 24.5. The van der Waals surface area contributed by atoms with Gasteiger partial charge in [0.2, 0.25) is 0 Å². The monoisotopic (exact) mass is 690 g/mol. The zero-order valence-corrected chi connectivity index (χ0v) is 27.6. The first-order valence-corrected chi connectivity index (χ1v) is 16.5. The van der Waals surface area contributed by atoms with Crippen LogP contribution in [0.4, 0.5) is 0 Å². The van der Waals surface area contributed by atoms with Gasteiger partial charge in [0.25, 0.3) is 0 Å². The third-order valence-corrected chi connectivity index (χ3v) is 9.78. The average molecular weight is 692 g/mol. The van der Waals surface area contributed by atoms with Crippen molar-refractivity contribution in [3.63, 3.8) is 0 Å².